The minimum absolute atomic E-state index is 0.0864. The highest BCUT2D eigenvalue weighted by Crippen LogP contribution is 2.32. The number of aromatic amines is 1. The number of aliphatic carboxylic acids is 1. The molecule has 0 amide bonds. The number of aliphatic imine (C=N–C) groups is 1. The molecule has 0 bridgehead atoms. The first-order valence-corrected chi connectivity index (χ1v) is 10.4. The number of fused-ring (bicyclic) bond motifs is 1. The second-order valence-electron chi connectivity index (χ2n) is 8.17. The third-order valence-electron chi connectivity index (χ3n) is 5.21. The van der Waals surface area contributed by atoms with Crippen molar-refractivity contribution in [3.63, 3.8) is 0 Å². The van der Waals surface area contributed by atoms with Gasteiger partial charge in [0.1, 0.15) is 5.82 Å². The van der Waals surface area contributed by atoms with Gasteiger partial charge in [0.2, 0.25) is 0 Å². The lowest BCUT2D eigenvalue weighted by Gasteiger charge is -2.11. The number of hydrogen-bond donors (Lipinski definition) is 3. The lowest BCUT2D eigenvalue weighted by atomic mass is 9.99. The van der Waals surface area contributed by atoms with Gasteiger partial charge in [0.25, 0.3) is 0 Å². The van der Waals surface area contributed by atoms with Crippen LogP contribution in [-0.4, -0.2) is 45.9 Å². The van der Waals surface area contributed by atoms with E-state index in [0.29, 0.717) is 39.0 Å². The number of carboxylic acids is 1. The zero-order chi connectivity index (χ0) is 23.5. The molecule has 0 saturated carbocycles. The third kappa shape index (κ3) is 5.10. The van der Waals surface area contributed by atoms with Gasteiger partial charge in [0, 0.05) is 17.5 Å². The Kier molecular flexibility index (Phi) is 6.24. The van der Waals surface area contributed by atoms with Gasteiger partial charge in [0.05, 0.1) is 28.9 Å². The molecular formula is C26H24FN3O3. The summed E-state index contributed by atoms with van der Waals surface area (Å²) in [5, 5.41) is 20.4. The molecule has 4 aromatic rings. The molecule has 0 aliphatic rings. The summed E-state index contributed by atoms with van der Waals surface area (Å²) in [6.45, 7) is 0.750. The van der Waals surface area contributed by atoms with Crippen LogP contribution in [0.2, 0.25) is 0 Å². The number of hydrogen-bond acceptors (Lipinski definition) is 4. The largest absolute Gasteiger partial charge is 0.494 e. The van der Waals surface area contributed by atoms with E-state index in [1.807, 2.05) is 38.4 Å². The molecule has 7 heteroatoms. The van der Waals surface area contributed by atoms with Gasteiger partial charge in [-0.25, -0.2) is 9.38 Å². The van der Waals surface area contributed by atoms with Crippen molar-refractivity contribution in [3.05, 3.63) is 94.8 Å². The molecular weight excluding hydrogens is 421 g/mol. The quantitative estimate of drug-likeness (QED) is 0.354. The SMILES string of the molecule is CN(C)Cc1cccc(N=C(c2ccc(CC(=O)O)cc2)c2c(O)[nH]c3cc(F)ccc23)c1. The Morgan fingerprint density at radius 2 is 1.79 bits per heavy atom. The van der Waals surface area contributed by atoms with E-state index in [1.165, 1.54) is 12.1 Å². The summed E-state index contributed by atoms with van der Waals surface area (Å²) in [6.07, 6.45) is -0.0864. The highest BCUT2D eigenvalue weighted by atomic mass is 19.1. The summed E-state index contributed by atoms with van der Waals surface area (Å²) in [4.78, 5) is 20.8. The van der Waals surface area contributed by atoms with Gasteiger partial charge in [0.15, 0.2) is 5.88 Å². The van der Waals surface area contributed by atoms with Crippen molar-refractivity contribution in [2.45, 2.75) is 13.0 Å². The van der Waals surface area contributed by atoms with E-state index in [9.17, 15) is 14.3 Å². The second kappa shape index (κ2) is 9.26. The standard InChI is InChI=1S/C26H24FN3O3/c1-30(2)15-17-4-3-5-20(12-17)28-25(18-8-6-16(7-9-18)13-23(31)32)24-21-11-10-19(27)14-22(21)29-26(24)33/h3-12,14,29,33H,13,15H2,1-2H3,(H,31,32). The first kappa shape index (κ1) is 22.2. The van der Waals surface area contributed by atoms with Crippen LogP contribution in [-0.2, 0) is 17.8 Å². The Hall–Kier alpha value is -3.97. The summed E-state index contributed by atoms with van der Waals surface area (Å²) in [5.74, 6) is -1.44. The number of carboxylic acid groups (broad SMARTS) is 1. The molecule has 0 aliphatic carbocycles. The minimum Gasteiger partial charge on any atom is -0.494 e. The summed E-state index contributed by atoms with van der Waals surface area (Å²) in [5.41, 5.74) is 4.55. The Morgan fingerprint density at radius 1 is 1.03 bits per heavy atom. The molecule has 0 atom stereocenters. The smallest absolute Gasteiger partial charge is 0.307 e. The molecule has 3 N–H and O–H groups in total. The van der Waals surface area contributed by atoms with Crippen LogP contribution >= 0.6 is 0 Å². The van der Waals surface area contributed by atoms with Crippen molar-refractivity contribution in [1.29, 1.82) is 0 Å². The number of aromatic hydroxyl groups is 1. The van der Waals surface area contributed by atoms with Crippen molar-refractivity contribution in [2.24, 2.45) is 4.99 Å². The van der Waals surface area contributed by atoms with E-state index in [4.69, 9.17) is 10.1 Å². The van der Waals surface area contributed by atoms with Crippen LogP contribution in [0.25, 0.3) is 10.9 Å². The van der Waals surface area contributed by atoms with Crippen molar-refractivity contribution in [1.82, 2.24) is 9.88 Å². The van der Waals surface area contributed by atoms with Gasteiger partial charge in [-0.3, -0.25) is 4.79 Å². The maximum atomic E-state index is 13.8. The van der Waals surface area contributed by atoms with Gasteiger partial charge < -0.3 is 20.1 Å². The molecule has 4 rings (SSSR count). The lowest BCUT2D eigenvalue weighted by molar-refractivity contribution is -0.136. The maximum Gasteiger partial charge on any atom is 0.307 e. The molecule has 1 heterocycles. The van der Waals surface area contributed by atoms with E-state index in [0.717, 1.165) is 12.1 Å². The van der Waals surface area contributed by atoms with Gasteiger partial charge in [-0.1, -0.05) is 36.4 Å². The first-order valence-electron chi connectivity index (χ1n) is 10.4. The number of carbonyl (C=O) groups is 1. The zero-order valence-corrected chi connectivity index (χ0v) is 18.3. The number of nitrogens with zero attached hydrogens (tertiary/aromatic N) is 2. The summed E-state index contributed by atoms with van der Waals surface area (Å²) < 4.78 is 13.8. The maximum absolute atomic E-state index is 13.8. The monoisotopic (exact) mass is 445 g/mol. The number of rotatable bonds is 7. The molecule has 0 unspecified atom stereocenters. The number of halogens is 1. The molecule has 3 aromatic carbocycles. The molecule has 0 saturated heterocycles. The molecule has 6 nitrogen and oxygen atoms in total. The van der Waals surface area contributed by atoms with Crippen LogP contribution in [0.1, 0.15) is 22.3 Å². The zero-order valence-electron chi connectivity index (χ0n) is 18.3. The van der Waals surface area contributed by atoms with E-state index >= 15 is 0 Å². The van der Waals surface area contributed by atoms with Gasteiger partial charge in [-0.05, 0) is 55.6 Å². The lowest BCUT2D eigenvalue weighted by Crippen LogP contribution is -2.10. The van der Waals surface area contributed by atoms with E-state index in [-0.39, 0.29) is 12.3 Å². The fourth-order valence-electron chi connectivity index (χ4n) is 3.83. The first-order chi connectivity index (χ1) is 15.8. The topological polar surface area (TPSA) is 88.9 Å². The predicted molar refractivity (Wildman–Crippen MR) is 127 cm³/mol. The molecule has 168 valence electrons. The van der Waals surface area contributed by atoms with Gasteiger partial charge in [-0.15, -0.1) is 0 Å². The Bertz CT molecular complexity index is 1340. The highest BCUT2D eigenvalue weighted by Gasteiger charge is 2.19. The number of aromatic nitrogens is 1. The Labute approximate surface area is 190 Å². The normalized spacial score (nSPS) is 11.9. The van der Waals surface area contributed by atoms with E-state index in [1.54, 1.807) is 30.3 Å². The fourth-order valence-corrected chi connectivity index (χ4v) is 3.83. The molecule has 0 fully saturated rings. The van der Waals surface area contributed by atoms with E-state index < -0.39 is 11.8 Å². The number of benzene rings is 3. The van der Waals surface area contributed by atoms with Crippen LogP contribution in [0.15, 0.2) is 71.7 Å². The van der Waals surface area contributed by atoms with Crippen LogP contribution in [0.5, 0.6) is 5.88 Å². The minimum atomic E-state index is -0.911. The van der Waals surface area contributed by atoms with E-state index in [2.05, 4.69) is 9.88 Å². The number of nitrogens with one attached hydrogen (secondary N) is 1. The predicted octanol–water partition coefficient (Wildman–Crippen LogP) is 4.87. The van der Waals surface area contributed by atoms with Crippen molar-refractivity contribution >= 4 is 28.3 Å². The number of H-pyrrole nitrogens is 1. The summed E-state index contributed by atoms with van der Waals surface area (Å²) >= 11 is 0. The third-order valence-corrected chi connectivity index (χ3v) is 5.21. The van der Waals surface area contributed by atoms with Gasteiger partial charge >= 0.3 is 5.97 Å². The Balaban J connectivity index is 1.88. The molecule has 1 aromatic heterocycles. The fraction of sp³-hybridized carbons (Fsp3) is 0.154. The van der Waals surface area contributed by atoms with Crippen molar-refractivity contribution in [2.75, 3.05) is 14.1 Å². The van der Waals surface area contributed by atoms with Crippen molar-refractivity contribution in [3.8, 4) is 5.88 Å². The Morgan fingerprint density at radius 3 is 2.48 bits per heavy atom. The highest BCUT2D eigenvalue weighted by molar-refractivity contribution is 6.21. The van der Waals surface area contributed by atoms with Gasteiger partial charge in [-0.2, -0.15) is 0 Å². The average molecular weight is 445 g/mol. The van der Waals surface area contributed by atoms with Crippen LogP contribution in [0.3, 0.4) is 0 Å². The van der Waals surface area contributed by atoms with Crippen LogP contribution in [0, 0.1) is 5.82 Å². The van der Waals surface area contributed by atoms with Crippen molar-refractivity contribution < 1.29 is 19.4 Å². The molecule has 0 aliphatic heterocycles. The molecule has 0 radical (unpaired) electrons. The molecule has 33 heavy (non-hydrogen) atoms. The molecule has 0 spiro atoms. The van der Waals surface area contributed by atoms with Crippen LogP contribution < -0.4 is 0 Å². The average Bonchev–Trinajstić information content (AvgIpc) is 3.06. The van der Waals surface area contributed by atoms with Crippen LogP contribution in [0.4, 0.5) is 10.1 Å². The second-order valence-corrected chi connectivity index (χ2v) is 8.17. The summed E-state index contributed by atoms with van der Waals surface area (Å²) in [6, 6.07) is 19.1. The summed E-state index contributed by atoms with van der Waals surface area (Å²) in [7, 11) is 3.98.